The van der Waals surface area contributed by atoms with E-state index in [9.17, 15) is 9.90 Å². The van der Waals surface area contributed by atoms with Gasteiger partial charge in [-0.05, 0) is 40.7 Å². The minimum absolute atomic E-state index is 0.506. The summed E-state index contributed by atoms with van der Waals surface area (Å²) < 4.78 is 10.4. The summed E-state index contributed by atoms with van der Waals surface area (Å²) in [5.74, 6) is 0.506. The fraction of sp³-hybridized carbons (Fsp3) is 0.533. The van der Waals surface area contributed by atoms with Crippen LogP contribution < -0.4 is 10.1 Å². The number of rotatable bonds is 3. The van der Waals surface area contributed by atoms with Gasteiger partial charge in [0.2, 0.25) is 0 Å². The lowest BCUT2D eigenvalue weighted by atomic mass is 9.97. The molecule has 0 fully saturated rings. The van der Waals surface area contributed by atoms with Gasteiger partial charge in [-0.15, -0.1) is 0 Å². The molecule has 1 rings (SSSR count). The quantitative estimate of drug-likeness (QED) is 0.892. The first kappa shape index (κ1) is 16.3. The molecule has 0 atom stereocenters. The first-order chi connectivity index (χ1) is 9.03. The van der Waals surface area contributed by atoms with Gasteiger partial charge >= 0.3 is 6.09 Å². The van der Waals surface area contributed by atoms with Gasteiger partial charge < -0.3 is 14.6 Å². The number of carbonyl (C=O) groups is 1. The van der Waals surface area contributed by atoms with Crippen molar-refractivity contribution in [3.05, 3.63) is 23.8 Å². The van der Waals surface area contributed by atoms with E-state index in [4.69, 9.17) is 9.47 Å². The van der Waals surface area contributed by atoms with Crippen LogP contribution in [0.15, 0.2) is 18.2 Å². The number of aliphatic hydroxyl groups is 1. The van der Waals surface area contributed by atoms with Crippen molar-refractivity contribution in [3.63, 3.8) is 0 Å². The molecular weight excluding hydrogens is 258 g/mol. The number of hydrogen-bond acceptors (Lipinski definition) is 4. The van der Waals surface area contributed by atoms with Gasteiger partial charge in [-0.3, -0.25) is 5.32 Å². The van der Waals surface area contributed by atoms with Gasteiger partial charge in [-0.1, -0.05) is 6.07 Å². The Morgan fingerprint density at radius 1 is 1.20 bits per heavy atom. The normalized spacial score (nSPS) is 11.9. The zero-order valence-electron chi connectivity index (χ0n) is 12.9. The third-order valence-corrected chi connectivity index (χ3v) is 2.51. The first-order valence-corrected chi connectivity index (χ1v) is 6.44. The van der Waals surface area contributed by atoms with Gasteiger partial charge in [0.15, 0.2) is 0 Å². The molecule has 0 saturated carbocycles. The molecule has 0 unspecified atom stereocenters. The summed E-state index contributed by atoms with van der Waals surface area (Å²) >= 11 is 0. The van der Waals surface area contributed by atoms with Crippen LogP contribution in [0.1, 0.15) is 40.2 Å². The van der Waals surface area contributed by atoms with Crippen molar-refractivity contribution < 1.29 is 19.4 Å². The second-order valence-corrected chi connectivity index (χ2v) is 6.10. The van der Waals surface area contributed by atoms with Crippen molar-refractivity contribution in [2.45, 2.75) is 45.8 Å². The molecule has 0 aromatic heterocycles. The van der Waals surface area contributed by atoms with Crippen molar-refractivity contribution in [1.29, 1.82) is 0 Å². The minimum atomic E-state index is -1.02. The second kappa shape index (κ2) is 5.71. The van der Waals surface area contributed by atoms with E-state index in [0.29, 0.717) is 17.0 Å². The van der Waals surface area contributed by atoms with E-state index in [1.54, 1.807) is 52.8 Å². The Balaban J connectivity index is 2.92. The summed E-state index contributed by atoms with van der Waals surface area (Å²) in [5.41, 5.74) is -0.379. The number of carbonyl (C=O) groups excluding carboxylic acids is 1. The molecule has 0 radical (unpaired) electrons. The summed E-state index contributed by atoms with van der Waals surface area (Å²) in [6.45, 7) is 8.73. The number of amides is 1. The van der Waals surface area contributed by atoms with Crippen molar-refractivity contribution in [1.82, 2.24) is 0 Å². The van der Waals surface area contributed by atoms with Gasteiger partial charge in [-0.25, -0.2) is 4.79 Å². The lowest BCUT2D eigenvalue weighted by molar-refractivity contribution is 0.0636. The van der Waals surface area contributed by atoms with Crippen LogP contribution >= 0.6 is 0 Å². The molecule has 2 N–H and O–H groups in total. The number of nitrogens with one attached hydrogen (secondary N) is 1. The van der Waals surface area contributed by atoms with E-state index in [2.05, 4.69) is 5.32 Å². The van der Waals surface area contributed by atoms with E-state index < -0.39 is 17.3 Å². The maximum Gasteiger partial charge on any atom is 0.412 e. The number of methoxy groups -OCH3 is 1. The van der Waals surface area contributed by atoms with Crippen LogP contribution in [0.4, 0.5) is 10.5 Å². The fourth-order valence-corrected chi connectivity index (χ4v) is 1.70. The lowest BCUT2D eigenvalue weighted by Gasteiger charge is -2.22. The van der Waals surface area contributed by atoms with E-state index in [1.807, 2.05) is 0 Å². The highest BCUT2D eigenvalue weighted by Crippen LogP contribution is 2.32. The standard InChI is InChI=1S/C15H23NO4/c1-14(2,3)20-13(17)16-10-7-8-11(15(4,5)18)12(9-10)19-6/h7-9,18H,1-6H3,(H,16,17). The zero-order valence-corrected chi connectivity index (χ0v) is 12.9. The highest BCUT2D eigenvalue weighted by Gasteiger charge is 2.22. The van der Waals surface area contributed by atoms with Crippen molar-refractivity contribution in [2.24, 2.45) is 0 Å². The molecule has 1 amide bonds. The van der Waals surface area contributed by atoms with Crippen LogP contribution in [0, 0.1) is 0 Å². The molecule has 5 heteroatoms. The SMILES string of the molecule is COc1cc(NC(=O)OC(C)(C)C)ccc1C(C)(C)O. The second-order valence-electron chi connectivity index (χ2n) is 6.10. The molecule has 0 aliphatic heterocycles. The number of benzene rings is 1. The fourth-order valence-electron chi connectivity index (χ4n) is 1.70. The van der Waals surface area contributed by atoms with Crippen LogP contribution in [0.2, 0.25) is 0 Å². The van der Waals surface area contributed by atoms with Gasteiger partial charge in [0, 0.05) is 17.3 Å². The number of hydrogen-bond donors (Lipinski definition) is 2. The Bertz CT molecular complexity index is 484. The molecular formula is C15H23NO4. The predicted octanol–water partition coefficient (Wildman–Crippen LogP) is 3.27. The lowest BCUT2D eigenvalue weighted by Crippen LogP contribution is -2.27. The predicted molar refractivity (Wildman–Crippen MR) is 78.1 cm³/mol. The average molecular weight is 281 g/mol. The van der Waals surface area contributed by atoms with Crippen LogP contribution in [-0.4, -0.2) is 23.9 Å². The van der Waals surface area contributed by atoms with Crippen molar-refractivity contribution in [2.75, 3.05) is 12.4 Å². The van der Waals surface area contributed by atoms with E-state index >= 15 is 0 Å². The minimum Gasteiger partial charge on any atom is -0.496 e. The van der Waals surface area contributed by atoms with E-state index in [0.717, 1.165) is 0 Å². The average Bonchev–Trinajstić information content (AvgIpc) is 2.24. The topological polar surface area (TPSA) is 67.8 Å². The van der Waals surface area contributed by atoms with Crippen molar-refractivity contribution >= 4 is 11.8 Å². The number of anilines is 1. The van der Waals surface area contributed by atoms with Gasteiger partial charge in [0.1, 0.15) is 11.4 Å². The molecule has 20 heavy (non-hydrogen) atoms. The molecule has 1 aromatic rings. The third-order valence-electron chi connectivity index (χ3n) is 2.51. The maximum absolute atomic E-state index is 11.7. The van der Waals surface area contributed by atoms with Crippen molar-refractivity contribution in [3.8, 4) is 5.75 Å². The summed E-state index contributed by atoms with van der Waals surface area (Å²) in [6.07, 6.45) is -0.532. The third kappa shape index (κ3) is 4.74. The summed E-state index contributed by atoms with van der Waals surface area (Å²) in [4.78, 5) is 11.7. The van der Waals surface area contributed by atoms with Crippen LogP contribution in [-0.2, 0) is 10.3 Å². The molecule has 0 aliphatic carbocycles. The summed E-state index contributed by atoms with van der Waals surface area (Å²) in [5, 5.41) is 12.7. The Kier molecular flexibility index (Phi) is 4.65. The monoisotopic (exact) mass is 281 g/mol. The number of ether oxygens (including phenoxy) is 2. The van der Waals surface area contributed by atoms with Crippen LogP contribution in [0.3, 0.4) is 0 Å². The molecule has 1 aromatic carbocycles. The molecule has 0 saturated heterocycles. The van der Waals surface area contributed by atoms with Crippen LogP contribution in [0.25, 0.3) is 0 Å². The highest BCUT2D eigenvalue weighted by molar-refractivity contribution is 5.85. The van der Waals surface area contributed by atoms with E-state index in [1.165, 1.54) is 7.11 Å². The molecule has 0 bridgehead atoms. The molecule has 5 nitrogen and oxygen atoms in total. The van der Waals surface area contributed by atoms with Crippen LogP contribution in [0.5, 0.6) is 5.75 Å². The Morgan fingerprint density at radius 2 is 1.80 bits per heavy atom. The molecule has 0 aliphatic rings. The van der Waals surface area contributed by atoms with Gasteiger partial charge in [-0.2, -0.15) is 0 Å². The summed E-state index contributed by atoms with van der Waals surface area (Å²) in [7, 11) is 1.52. The molecule has 0 heterocycles. The van der Waals surface area contributed by atoms with Gasteiger partial charge in [0.05, 0.1) is 12.7 Å². The van der Waals surface area contributed by atoms with E-state index in [-0.39, 0.29) is 0 Å². The zero-order chi connectivity index (χ0) is 15.6. The smallest absolute Gasteiger partial charge is 0.412 e. The molecule has 0 spiro atoms. The van der Waals surface area contributed by atoms with Gasteiger partial charge in [0.25, 0.3) is 0 Å². The first-order valence-electron chi connectivity index (χ1n) is 6.44. The highest BCUT2D eigenvalue weighted by atomic mass is 16.6. The molecule has 112 valence electrons. The maximum atomic E-state index is 11.7. The largest absolute Gasteiger partial charge is 0.496 e. The Morgan fingerprint density at radius 3 is 2.25 bits per heavy atom. The summed E-state index contributed by atoms with van der Waals surface area (Å²) in [6, 6.07) is 5.06. The Labute approximate surface area is 119 Å². The Hall–Kier alpha value is -1.75.